The molecular formula is C13H26N2O4. The van der Waals surface area contributed by atoms with Crippen LogP contribution in [0.1, 0.15) is 39.5 Å². The van der Waals surface area contributed by atoms with Gasteiger partial charge in [0.1, 0.15) is 0 Å². The van der Waals surface area contributed by atoms with Crippen molar-refractivity contribution in [3.8, 4) is 0 Å². The molecule has 0 saturated heterocycles. The second-order valence-electron chi connectivity index (χ2n) is 4.75. The Morgan fingerprint density at radius 1 is 1.32 bits per heavy atom. The van der Waals surface area contributed by atoms with Gasteiger partial charge in [-0.15, -0.1) is 0 Å². The van der Waals surface area contributed by atoms with Gasteiger partial charge in [-0.3, -0.25) is 4.79 Å². The van der Waals surface area contributed by atoms with Crippen molar-refractivity contribution in [2.75, 3.05) is 20.3 Å². The zero-order chi connectivity index (χ0) is 14.7. The van der Waals surface area contributed by atoms with Gasteiger partial charge in [0, 0.05) is 20.1 Å². The van der Waals surface area contributed by atoms with Crippen molar-refractivity contribution in [3.63, 3.8) is 0 Å². The van der Waals surface area contributed by atoms with E-state index in [1.54, 1.807) is 7.11 Å². The van der Waals surface area contributed by atoms with E-state index in [-0.39, 0.29) is 18.5 Å². The molecule has 0 aliphatic rings. The summed E-state index contributed by atoms with van der Waals surface area (Å²) in [6.07, 6.45) is 2.58. The van der Waals surface area contributed by atoms with Gasteiger partial charge in [0.25, 0.3) is 0 Å². The third-order valence-electron chi connectivity index (χ3n) is 2.98. The summed E-state index contributed by atoms with van der Waals surface area (Å²) >= 11 is 0. The molecule has 0 aliphatic heterocycles. The monoisotopic (exact) mass is 274 g/mol. The number of carbonyl (C=O) groups excluding carboxylic acids is 1. The molecule has 0 bridgehead atoms. The van der Waals surface area contributed by atoms with E-state index in [0.29, 0.717) is 25.5 Å². The summed E-state index contributed by atoms with van der Waals surface area (Å²) < 4.78 is 4.92. The first-order valence-electron chi connectivity index (χ1n) is 6.74. The molecule has 0 rings (SSSR count). The summed E-state index contributed by atoms with van der Waals surface area (Å²) in [4.78, 5) is 22.0. The van der Waals surface area contributed by atoms with Crippen molar-refractivity contribution in [1.82, 2.24) is 10.6 Å². The second-order valence-corrected chi connectivity index (χ2v) is 4.75. The summed E-state index contributed by atoms with van der Waals surface area (Å²) in [5, 5.41) is 14.2. The van der Waals surface area contributed by atoms with E-state index in [4.69, 9.17) is 9.84 Å². The third kappa shape index (κ3) is 10.3. The average Bonchev–Trinajstić information content (AvgIpc) is 2.33. The quantitative estimate of drug-likeness (QED) is 0.564. The third-order valence-corrected chi connectivity index (χ3v) is 2.98. The Bertz CT molecular complexity index is 271. The highest BCUT2D eigenvalue weighted by Gasteiger charge is 2.10. The largest absolute Gasteiger partial charge is 0.481 e. The molecule has 0 saturated carbocycles. The van der Waals surface area contributed by atoms with Crippen LogP contribution in [0.15, 0.2) is 0 Å². The maximum atomic E-state index is 11.5. The fraction of sp³-hybridized carbons (Fsp3) is 0.846. The molecule has 0 aliphatic carbocycles. The molecule has 0 spiro atoms. The number of rotatable bonds is 10. The van der Waals surface area contributed by atoms with Crippen LogP contribution in [0.3, 0.4) is 0 Å². The molecule has 19 heavy (non-hydrogen) atoms. The Kier molecular flexibility index (Phi) is 9.88. The molecule has 0 aromatic heterocycles. The van der Waals surface area contributed by atoms with Gasteiger partial charge in [-0.05, 0) is 25.7 Å². The Balaban J connectivity index is 3.74. The molecule has 6 nitrogen and oxygen atoms in total. The van der Waals surface area contributed by atoms with Crippen LogP contribution >= 0.6 is 0 Å². The number of hydrogen-bond donors (Lipinski definition) is 3. The van der Waals surface area contributed by atoms with Gasteiger partial charge in [-0.25, -0.2) is 4.79 Å². The molecule has 2 amide bonds. The minimum absolute atomic E-state index is 0.0287. The number of ether oxygens (including phenoxy) is 1. The van der Waals surface area contributed by atoms with Crippen LogP contribution in [0.2, 0.25) is 0 Å². The number of amides is 2. The first-order chi connectivity index (χ1) is 8.99. The number of carbonyl (C=O) groups is 2. The van der Waals surface area contributed by atoms with Crippen LogP contribution in [0.25, 0.3) is 0 Å². The summed E-state index contributed by atoms with van der Waals surface area (Å²) in [6.45, 7) is 4.94. The lowest BCUT2D eigenvalue weighted by Gasteiger charge is -2.16. The molecule has 0 aromatic rings. The SMILES string of the molecule is CCC(CCNC(=O)NC(C)COC)CCC(=O)O. The number of carboxylic acid groups (broad SMARTS) is 1. The highest BCUT2D eigenvalue weighted by Crippen LogP contribution is 2.14. The molecule has 2 atom stereocenters. The predicted molar refractivity (Wildman–Crippen MR) is 73.1 cm³/mol. The summed E-state index contributed by atoms with van der Waals surface area (Å²) in [5.41, 5.74) is 0. The van der Waals surface area contributed by atoms with Gasteiger partial charge >= 0.3 is 12.0 Å². The van der Waals surface area contributed by atoms with Crippen LogP contribution < -0.4 is 10.6 Å². The number of methoxy groups -OCH3 is 1. The van der Waals surface area contributed by atoms with Crippen LogP contribution in [0.4, 0.5) is 4.79 Å². The molecule has 112 valence electrons. The van der Waals surface area contributed by atoms with E-state index in [1.807, 2.05) is 13.8 Å². The van der Waals surface area contributed by atoms with E-state index in [0.717, 1.165) is 12.8 Å². The number of hydrogen-bond acceptors (Lipinski definition) is 3. The lowest BCUT2D eigenvalue weighted by atomic mass is 9.97. The lowest BCUT2D eigenvalue weighted by molar-refractivity contribution is -0.137. The Morgan fingerprint density at radius 2 is 2.00 bits per heavy atom. The normalized spacial score (nSPS) is 13.6. The minimum Gasteiger partial charge on any atom is -0.481 e. The van der Waals surface area contributed by atoms with Crippen molar-refractivity contribution >= 4 is 12.0 Å². The first kappa shape index (κ1) is 17.7. The van der Waals surface area contributed by atoms with Gasteiger partial charge in [0.05, 0.1) is 12.6 Å². The smallest absolute Gasteiger partial charge is 0.315 e. The fourth-order valence-corrected chi connectivity index (χ4v) is 1.84. The highest BCUT2D eigenvalue weighted by molar-refractivity contribution is 5.74. The number of nitrogens with one attached hydrogen (secondary N) is 2. The molecule has 0 fully saturated rings. The zero-order valence-electron chi connectivity index (χ0n) is 12.1. The molecule has 3 N–H and O–H groups in total. The summed E-state index contributed by atoms with van der Waals surface area (Å²) in [5.74, 6) is -0.426. The lowest BCUT2D eigenvalue weighted by Crippen LogP contribution is -2.43. The zero-order valence-corrected chi connectivity index (χ0v) is 12.1. The molecule has 0 heterocycles. The van der Waals surface area contributed by atoms with Crippen molar-refractivity contribution in [2.45, 2.75) is 45.6 Å². The Hall–Kier alpha value is -1.30. The Morgan fingerprint density at radius 3 is 2.53 bits per heavy atom. The van der Waals surface area contributed by atoms with Crippen molar-refractivity contribution < 1.29 is 19.4 Å². The molecule has 0 radical (unpaired) electrons. The topological polar surface area (TPSA) is 87.7 Å². The number of carboxylic acids is 1. The van der Waals surface area contributed by atoms with E-state index in [1.165, 1.54) is 0 Å². The predicted octanol–water partition coefficient (Wildman–Crippen LogP) is 1.60. The van der Waals surface area contributed by atoms with Crippen LogP contribution in [-0.4, -0.2) is 43.4 Å². The van der Waals surface area contributed by atoms with Gasteiger partial charge in [0.15, 0.2) is 0 Å². The number of aliphatic carboxylic acids is 1. The minimum atomic E-state index is -0.766. The van der Waals surface area contributed by atoms with Gasteiger partial charge in [0.2, 0.25) is 0 Å². The highest BCUT2D eigenvalue weighted by atomic mass is 16.5. The van der Waals surface area contributed by atoms with Crippen molar-refractivity contribution in [1.29, 1.82) is 0 Å². The van der Waals surface area contributed by atoms with Gasteiger partial charge < -0.3 is 20.5 Å². The summed E-state index contributed by atoms with van der Waals surface area (Å²) in [7, 11) is 1.59. The first-order valence-corrected chi connectivity index (χ1v) is 6.74. The Labute approximate surface area is 114 Å². The van der Waals surface area contributed by atoms with Crippen LogP contribution in [-0.2, 0) is 9.53 Å². The second kappa shape index (κ2) is 10.6. The number of urea groups is 1. The summed E-state index contributed by atoms with van der Waals surface area (Å²) in [6, 6.07) is -0.239. The maximum Gasteiger partial charge on any atom is 0.315 e. The van der Waals surface area contributed by atoms with Gasteiger partial charge in [-0.1, -0.05) is 13.3 Å². The maximum absolute atomic E-state index is 11.5. The average molecular weight is 274 g/mol. The van der Waals surface area contributed by atoms with Crippen molar-refractivity contribution in [2.24, 2.45) is 5.92 Å². The molecular weight excluding hydrogens is 248 g/mol. The molecule has 6 heteroatoms. The van der Waals surface area contributed by atoms with Crippen LogP contribution in [0, 0.1) is 5.92 Å². The molecule has 0 aromatic carbocycles. The van der Waals surface area contributed by atoms with E-state index in [9.17, 15) is 9.59 Å². The van der Waals surface area contributed by atoms with Crippen LogP contribution in [0.5, 0.6) is 0 Å². The van der Waals surface area contributed by atoms with Gasteiger partial charge in [-0.2, -0.15) is 0 Å². The van der Waals surface area contributed by atoms with E-state index < -0.39 is 5.97 Å². The fourth-order valence-electron chi connectivity index (χ4n) is 1.84. The van der Waals surface area contributed by atoms with Crippen molar-refractivity contribution in [3.05, 3.63) is 0 Å². The molecule has 2 unspecified atom stereocenters. The van der Waals surface area contributed by atoms with E-state index >= 15 is 0 Å². The standard InChI is InChI=1S/C13H26N2O4/c1-4-11(5-6-12(16)17)7-8-14-13(18)15-10(2)9-19-3/h10-11H,4-9H2,1-3H3,(H,16,17)(H2,14,15,18). The van der Waals surface area contributed by atoms with E-state index in [2.05, 4.69) is 10.6 Å².